The Hall–Kier alpha value is -4.94. The van der Waals surface area contributed by atoms with Crippen molar-refractivity contribution in [3.8, 4) is 0 Å². The molecule has 2 heterocycles. The highest BCUT2D eigenvalue weighted by Crippen LogP contribution is 2.29. The van der Waals surface area contributed by atoms with Crippen LogP contribution in [0.3, 0.4) is 0 Å². The molecule has 342 valence electrons. The summed E-state index contributed by atoms with van der Waals surface area (Å²) in [7, 11) is 0. The van der Waals surface area contributed by atoms with E-state index in [-0.39, 0.29) is 41.0 Å². The first-order valence-corrected chi connectivity index (χ1v) is 22.5. The van der Waals surface area contributed by atoms with Gasteiger partial charge in [-0.3, -0.25) is 20.3 Å². The number of guanidine groups is 1. The Bertz CT molecular complexity index is 2080. The minimum Gasteiger partial charge on any atom is -0.392 e. The Labute approximate surface area is 375 Å². The number of primary amides is 1. The molecule has 2 amide bonds. The standard InChI is InChI=1S/C46H65ClN10O6/c1-2-3-4-12-25-57(28-33(58)27-38-37(59)29-62-45(63-38)32-15-6-5-7-16-32)26-13-24-52-36(43(50)60)22-21-31-20-19-30(34-17-8-9-18-35(31)34)14-10-11-23-53-46(51)56-44(61)39-41(48)55-42(49)40(47)54-39/h5-9,15-20,33,36-38,45,52,58-59H,2-4,10-14,21-29H2,1H3,(H2,50,60)(H4,48,49,55)(H3,51,53,56,61)/t33-,36+,37-,38+,45?/m1/s1. The maximum atomic E-state index is 12.6. The third-order valence-electron chi connectivity index (χ3n) is 11.2. The molecule has 1 saturated heterocycles. The molecular weight excluding hydrogens is 824 g/mol. The summed E-state index contributed by atoms with van der Waals surface area (Å²) in [4.78, 5) is 35.1. The van der Waals surface area contributed by atoms with Crippen molar-refractivity contribution in [3.05, 3.63) is 94.3 Å². The van der Waals surface area contributed by atoms with E-state index in [1.165, 1.54) is 5.56 Å². The summed E-state index contributed by atoms with van der Waals surface area (Å²) in [6, 6.07) is 21.7. The second-order valence-corrected chi connectivity index (χ2v) is 16.5. The highest BCUT2D eigenvalue weighted by molar-refractivity contribution is 6.31. The Morgan fingerprint density at radius 1 is 0.905 bits per heavy atom. The van der Waals surface area contributed by atoms with Crippen molar-refractivity contribution in [3.63, 3.8) is 0 Å². The van der Waals surface area contributed by atoms with E-state index in [2.05, 4.69) is 62.0 Å². The number of hydrogen-bond donors (Lipinski definition) is 9. The van der Waals surface area contributed by atoms with E-state index in [0.717, 1.165) is 86.4 Å². The molecule has 0 aliphatic carbocycles. The molecule has 0 radical (unpaired) electrons. The lowest BCUT2D eigenvalue weighted by molar-refractivity contribution is -0.261. The van der Waals surface area contributed by atoms with Crippen molar-refractivity contribution in [1.82, 2.24) is 30.8 Å². The number of rotatable bonds is 25. The number of halogens is 1. The third-order valence-corrected chi connectivity index (χ3v) is 11.5. The van der Waals surface area contributed by atoms with Crippen molar-refractivity contribution < 1.29 is 29.3 Å². The maximum Gasteiger partial charge on any atom is 0.280 e. The molecule has 1 aliphatic heterocycles. The smallest absolute Gasteiger partial charge is 0.280 e. The molecule has 1 aromatic heterocycles. The van der Waals surface area contributed by atoms with E-state index in [0.29, 0.717) is 38.9 Å². The molecule has 0 bridgehead atoms. The molecule has 1 fully saturated rings. The molecule has 0 saturated carbocycles. The summed E-state index contributed by atoms with van der Waals surface area (Å²) >= 11 is 5.87. The monoisotopic (exact) mass is 888 g/mol. The minimum absolute atomic E-state index is 0.0844. The molecule has 3 aromatic carbocycles. The SMILES string of the molecule is CCCCCCN(CCCN[C@@H](CCc1ccc(CCCCNC(=N)NC(=O)c2nc(Cl)c(N)nc2N)c2ccccc12)C(N)=O)C[C@H](O)C[C@@H]1OC(c2ccccc2)OC[C@H]1O. The van der Waals surface area contributed by atoms with Crippen LogP contribution in [0.5, 0.6) is 0 Å². The van der Waals surface area contributed by atoms with Gasteiger partial charge in [0, 0.05) is 25.1 Å². The summed E-state index contributed by atoms with van der Waals surface area (Å²) in [5, 5.41) is 40.8. The highest BCUT2D eigenvalue weighted by atomic mass is 35.5. The fraction of sp³-hybridized carbons (Fsp3) is 0.500. The topological polar surface area (TPSA) is 260 Å². The number of benzene rings is 3. The predicted molar refractivity (Wildman–Crippen MR) is 247 cm³/mol. The molecule has 5 atom stereocenters. The Morgan fingerprint density at radius 2 is 1.60 bits per heavy atom. The van der Waals surface area contributed by atoms with Gasteiger partial charge in [0.15, 0.2) is 34.7 Å². The molecule has 1 aliphatic rings. The fourth-order valence-electron chi connectivity index (χ4n) is 7.84. The number of hydrogen-bond acceptors (Lipinski definition) is 13. The molecule has 12 N–H and O–H groups in total. The van der Waals surface area contributed by atoms with Crippen LogP contribution >= 0.6 is 11.6 Å². The van der Waals surface area contributed by atoms with Crippen LogP contribution < -0.4 is 33.2 Å². The molecule has 4 aromatic rings. The summed E-state index contributed by atoms with van der Waals surface area (Å²) in [5.74, 6) is -1.56. The van der Waals surface area contributed by atoms with E-state index < -0.39 is 36.6 Å². The van der Waals surface area contributed by atoms with Gasteiger partial charge in [-0.05, 0) is 86.5 Å². The number of fused-ring (bicyclic) bond motifs is 1. The molecular formula is C46H65ClN10O6. The number of aromatic nitrogens is 2. The number of aryl methyl sites for hydroxylation is 2. The van der Waals surface area contributed by atoms with Gasteiger partial charge in [-0.15, -0.1) is 0 Å². The number of anilines is 2. The zero-order chi connectivity index (χ0) is 45.1. The van der Waals surface area contributed by atoms with Gasteiger partial charge < -0.3 is 52.4 Å². The largest absolute Gasteiger partial charge is 0.392 e. The molecule has 63 heavy (non-hydrogen) atoms. The first kappa shape index (κ1) is 49.1. The molecule has 0 spiro atoms. The Morgan fingerprint density at radius 3 is 2.32 bits per heavy atom. The molecule has 5 rings (SSSR count). The number of nitrogens with zero attached hydrogens (tertiary/aromatic N) is 3. The van der Waals surface area contributed by atoms with Crippen LogP contribution in [0.15, 0.2) is 66.7 Å². The summed E-state index contributed by atoms with van der Waals surface area (Å²) < 4.78 is 11.8. The second kappa shape index (κ2) is 25.4. The van der Waals surface area contributed by atoms with Crippen LogP contribution in [-0.4, -0.2) is 107 Å². The van der Waals surface area contributed by atoms with Crippen molar-refractivity contribution in [2.24, 2.45) is 5.73 Å². The van der Waals surface area contributed by atoms with E-state index >= 15 is 0 Å². The lowest BCUT2D eigenvalue weighted by atomic mass is 9.93. The van der Waals surface area contributed by atoms with Crippen LogP contribution in [0.1, 0.15) is 98.2 Å². The van der Waals surface area contributed by atoms with Crippen LogP contribution in [0, 0.1) is 5.41 Å². The molecule has 1 unspecified atom stereocenters. The average Bonchev–Trinajstić information content (AvgIpc) is 3.27. The van der Waals surface area contributed by atoms with Gasteiger partial charge in [-0.2, -0.15) is 0 Å². The lowest BCUT2D eigenvalue weighted by Crippen LogP contribution is -2.45. The number of nitrogen functional groups attached to an aromatic ring is 2. The number of carbonyl (C=O) groups excluding carboxylic acids is 2. The van der Waals surface area contributed by atoms with E-state index in [9.17, 15) is 19.8 Å². The van der Waals surface area contributed by atoms with Crippen LogP contribution in [0.4, 0.5) is 11.6 Å². The number of carbonyl (C=O) groups is 2. The van der Waals surface area contributed by atoms with Crippen molar-refractivity contribution in [2.75, 3.05) is 50.8 Å². The first-order chi connectivity index (χ1) is 30.4. The zero-order valence-electron chi connectivity index (χ0n) is 36.2. The van der Waals surface area contributed by atoms with Crippen molar-refractivity contribution in [2.45, 2.75) is 108 Å². The summed E-state index contributed by atoms with van der Waals surface area (Å²) in [6.45, 7) is 5.42. The van der Waals surface area contributed by atoms with E-state index in [4.69, 9.17) is 43.7 Å². The Balaban J connectivity index is 1.06. The van der Waals surface area contributed by atoms with Crippen molar-refractivity contribution in [1.29, 1.82) is 5.41 Å². The average molecular weight is 890 g/mol. The number of aliphatic hydroxyl groups excluding tert-OH is 2. The number of ether oxygens (including phenoxy) is 2. The first-order valence-electron chi connectivity index (χ1n) is 22.1. The van der Waals surface area contributed by atoms with Gasteiger partial charge in [-0.25, -0.2) is 9.97 Å². The van der Waals surface area contributed by atoms with Crippen LogP contribution in [0.25, 0.3) is 10.8 Å². The second-order valence-electron chi connectivity index (χ2n) is 16.1. The van der Waals surface area contributed by atoms with Gasteiger partial charge >= 0.3 is 0 Å². The van der Waals surface area contributed by atoms with Gasteiger partial charge in [0.1, 0.15) is 6.10 Å². The fourth-order valence-corrected chi connectivity index (χ4v) is 7.97. The third kappa shape index (κ3) is 15.4. The highest BCUT2D eigenvalue weighted by Gasteiger charge is 2.33. The van der Waals surface area contributed by atoms with Gasteiger partial charge in [-0.1, -0.05) is 105 Å². The van der Waals surface area contributed by atoms with Crippen LogP contribution in [-0.2, 0) is 27.1 Å². The van der Waals surface area contributed by atoms with Crippen molar-refractivity contribution >= 4 is 51.8 Å². The van der Waals surface area contributed by atoms with E-state index in [1.807, 2.05) is 42.5 Å². The normalized spacial score (nSPS) is 17.4. The summed E-state index contributed by atoms with van der Waals surface area (Å²) in [5.41, 5.74) is 20.2. The van der Waals surface area contributed by atoms with E-state index in [1.54, 1.807) is 0 Å². The van der Waals surface area contributed by atoms with Crippen LogP contribution in [0.2, 0.25) is 5.15 Å². The van der Waals surface area contributed by atoms with Gasteiger partial charge in [0.25, 0.3) is 5.91 Å². The lowest BCUT2D eigenvalue weighted by Gasteiger charge is -2.36. The number of amides is 2. The van der Waals surface area contributed by atoms with Gasteiger partial charge in [0.2, 0.25) is 5.91 Å². The number of nitrogens with two attached hydrogens (primary N) is 3. The Kier molecular flexibility index (Phi) is 19.8. The summed E-state index contributed by atoms with van der Waals surface area (Å²) in [6.07, 6.45) is 6.47. The van der Waals surface area contributed by atoms with Gasteiger partial charge in [0.05, 0.1) is 24.9 Å². The zero-order valence-corrected chi connectivity index (χ0v) is 37.0. The number of nitrogens with one attached hydrogen (secondary N) is 4. The minimum atomic E-state index is -0.823. The quantitative estimate of drug-likeness (QED) is 0.0251. The maximum absolute atomic E-state index is 12.6. The number of unbranched alkanes of at least 4 members (excludes halogenated alkanes) is 4. The predicted octanol–water partition coefficient (Wildman–Crippen LogP) is 4.60. The molecule has 16 nitrogen and oxygen atoms in total. The number of aliphatic hydroxyl groups is 2. The molecule has 17 heteroatoms.